The van der Waals surface area contributed by atoms with Gasteiger partial charge in [-0.2, -0.15) is 0 Å². The summed E-state index contributed by atoms with van der Waals surface area (Å²) in [6.45, 7) is 2.31. The van der Waals surface area contributed by atoms with Crippen LogP contribution >= 0.6 is 11.6 Å². The van der Waals surface area contributed by atoms with Crippen LogP contribution in [-0.4, -0.2) is 19.0 Å². The number of nitrogens with zero attached hydrogens (tertiary/aromatic N) is 1. The molecule has 0 amide bonds. The van der Waals surface area contributed by atoms with Crippen molar-refractivity contribution < 1.29 is 19.0 Å². The predicted molar refractivity (Wildman–Crippen MR) is 121 cm³/mol. The van der Waals surface area contributed by atoms with Gasteiger partial charge in [-0.15, -0.1) is 0 Å². The van der Waals surface area contributed by atoms with Gasteiger partial charge in [-0.1, -0.05) is 53.6 Å². The molecule has 0 saturated carbocycles. The van der Waals surface area contributed by atoms with Crippen molar-refractivity contribution in [2.24, 2.45) is 4.99 Å². The molecule has 0 unspecified atom stereocenters. The van der Waals surface area contributed by atoms with E-state index in [0.717, 1.165) is 22.3 Å². The fourth-order valence-electron chi connectivity index (χ4n) is 3.05. The van der Waals surface area contributed by atoms with Crippen molar-refractivity contribution >= 4 is 29.5 Å². The zero-order chi connectivity index (χ0) is 21.8. The molecule has 0 N–H and O–H groups in total. The van der Waals surface area contributed by atoms with E-state index in [1.807, 2.05) is 61.5 Å². The summed E-state index contributed by atoms with van der Waals surface area (Å²) in [6.07, 6.45) is 1.66. The summed E-state index contributed by atoms with van der Waals surface area (Å²) < 4.78 is 16.7. The van der Waals surface area contributed by atoms with Crippen LogP contribution < -0.4 is 9.47 Å². The van der Waals surface area contributed by atoms with Gasteiger partial charge in [0.25, 0.3) is 0 Å². The minimum absolute atomic E-state index is 0.224. The van der Waals surface area contributed by atoms with Crippen molar-refractivity contribution in [2.45, 2.75) is 13.5 Å². The fraction of sp³-hybridized carbons (Fsp3) is 0.120. The molecule has 0 aromatic heterocycles. The van der Waals surface area contributed by atoms with E-state index >= 15 is 0 Å². The fourth-order valence-corrected chi connectivity index (χ4v) is 3.24. The summed E-state index contributed by atoms with van der Waals surface area (Å²) in [6, 6.07) is 20.5. The second-order valence-corrected chi connectivity index (χ2v) is 7.40. The Morgan fingerprint density at radius 2 is 1.81 bits per heavy atom. The lowest BCUT2D eigenvalue weighted by molar-refractivity contribution is -0.129. The van der Waals surface area contributed by atoms with Gasteiger partial charge in [0.2, 0.25) is 5.90 Å². The summed E-state index contributed by atoms with van der Waals surface area (Å²) in [4.78, 5) is 16.6. The quantitative estimate of drug-likeness (QED) is 0.376. The maximum atomic E-state index is 12.3. The maximum absolute atomic E-state index is 12.3. The van der Waals surface area contributed by atoms with Crippen LogP contribution in [0.3, 0.4) is 0 Å². The highest BCUT2D eigenvalue weighted by molar-refractivity contribution is 6.31. The van der Waals surface area contributed by atoms with Crippen LogP contribution in [0.5, 0.6) is 11.5 Å². The standard InChI is InChI=1S/C25H20ClNO4/c1-16-7-10-18(11-8-16)24-27-21(25(28)31-24)13-17-9-12-22(23(14-17)29-2)30-15-19-5-3-4-6-20(19)26/h3-14H,15H2,1-2H3. The molecule has 0 atom stereocenters. The van der Waals surface area contributed by atoms with Crippen molar-refractivity contribution in [2.75, 3.05) is 7.11 Å². The van der Waals surface area contributed by atoms with E-state index in [1.165, 1.54) is 0 Å². The van der Waals surface area contributed by atoms with Crippen LogP contribution in [0, 0.1) is 6.92 Å². The van der Waals surface area contributed by atoms with Crippen LogP contribution in [0.1, 0.15) is 22.3 Å². The number of benzene rings is 3. The van der Waals surface area contributed by atoms with E-state index in [2.05, 4.69) is 4.99 Å². The lowest BCUT2D eigenvalue weighted by Gasteiger charge is -2.12. The van der Waals surface area contributed by atoms with Crippen LogP contribution in [0.2, 0.25) is 5.02 Å². The Morgan fingerprint density at radius 1 is 1.03 bits per heavy atom. The normalized spacial score (nSPS) is 14.4. The van der Waals surface area contributed by atoms with Gasteiger partial charge < -0.3 is 14.2 Å². The number of halogens is 1. The van der Waals surface area contributed by atoms with Gasteiger partial charge in [0.15, 0.2) is 17.2 Å². The van der Waals surface area contributed by atoms with Crippen molar-refractivity contribution in [1.82, 2.24) is 0 Å². The lowest BCUT2D eigenvalue weighted by Crippen LogP contribution is -2.05. The molecule has 0 radical (unpaired) electrons. The number of ether oxygens (including phenoxy) is 3. The Labute approximate surface area is 185 Å². The molecule has 0 fully saturated rings. The number of carbonyl (C=O) groups is 1. The molecule has 156 valence electrons. The SMILES string of the molecule is COc1cc(C=C2N=C(c3ccc(C)cc3)OC2=O)ccc1OCc1ccccc1Cl. The molecule has 1 aliphatic heterocycles. The minimum atomic E-state index is -0.492. The number of aliphatic imine (C=N–C) groups is 1. The first-order chi connectivity index (χ1) is 15.0. The number of rotatable bonds is 6. The van der Waals surface area contributed by atoms with E-state index in [9.17, 15) is 4.79 Å². The molecule has 0 saturated heterocycles. The third kappa shape index (κ3) is 4.78. The Balaban J connectivity index is 1.54. The van der Waals surface area contributed by atoms with E-state index < -0.39 is 5.97 Å². The zero-order valence-corrected chi connectivity index (χ0v) is 17.8. The first-order valence-electron chi connectivity index (χ1n) is 9.67. The van der Waals surface area contributed by atoms with E-state index in [4.69, 9.17) is 25.8 Å². The van der Waals surface area contributed by atoms with E-state index in [1.54, 1.807) is 25.3 Å². The van der Waals surface area contributed by atoms with Crippen LogP contribution in [0.25, 0.3) is 6.08 Å². The largest absolute Gasteiger partial charge is 0.493 e. The third-order valence-electron chi connectivity index (χ3n) is 4.75. The molecule has 31 heavy (non-hydrogen) atoms. The number of cyclic esters (lactones) is 1. The Bertz CT molecular complexity index is 1180. The summed E-state index contributed by atoms with van der Waals surface area (Å²) in [5.41, 5.74) is 3.71. The average Bonchev–Trinajstić information content (AvgIpc) is 3.14. The molecular formula is C25H20ClNO4. The molecule has 1 aliphatic rings. The van der Waals surface area contributed by atoms with Crippen LogP contribution in [-0.2, 0) is 16.1 Å². The van der Waals surface area contributed by atoms with Gasteiger partial charge in [0.05, 0.1) is 7.11 Å². The topological polar surface area (TPSA) is 57.1 Å². The van der Waals surface area contributed by atoms with E-state index in [0.29, 0.717) is 29.0 Å². The summed E-state index contributed by atoms with van der Waals surface area (Å²) in [7, 11) is 1.56. The number of hydrogen-bond donors (Lipinski definition) is 0. The molecule has 1 heterocycles. The number of methoxy groups -OCH3 is 1. The van der Waals surface area contributed by atoms with Gasteiger partial charge >= 0.3 is 5.97 Å². The van der Waals surface area contributed by atoms with Crippen molar-refractivity contribution in [1.29, 1.82) is 0 Å². The number of carbonyl (C=O) groups excluding carboxylic acids is 1. The number of aryl methyl sites for hydroxylation is 1. The molecule has 0 bridgehead atoms. The number of hydrogen-bond acceptors (Lipinski definition) is 5. The van der Waals surface area contributed by atoms with Crippen molar-refractivity contribution in [3.05, 3.63) is 99.7 Å². The molecule has 0 aliphatic carbocycles. The van der Waals surface area contributed by atoms with Gasteiger partial charge in [0.1, 0.15) is 6.61 Å². The molecule has 6 heteroatoms. The first kappa shape index (κ1) is 20.7. The number of esters is 1. The highest BCUT2D eigenvalue weighted by Crippen LogP contribution is 2.31. The summed E-state index contributed by atoms with van der Waals surface area (Å²) >= 11 is 6.19. The maximum Gasteiger partial charge on any atom is 0.363 e. The molecule has 4 rings (SSSR count). The second kappa shape index (κ2) is 9.06. The van der Waals surface area contributed by atoms with E-state index in [-0.39, 0.29) is 5.70 Å². The Morgan fingerprint density at radius 3 is 2.55 bits per heavy atom. The molecule has 5 nitrogen and oxygen atoms in total. The monoisotopic (exact) mass is 433 g/mol. The highest BCUT2D eigenvalue weighted by atomic mass is 35.5. The second-order valence-electron chi connectivity index (χ2n) is 6.99. The molecule has 0 spiro atoms. The smallest absolute Gasteiger partial charge is 0.363 e. The first-order valence-corrected chi connectivity index (χ1v) is 10.0. The minimum Gasteiger partial charge on any atom is -0.493 e. The van der Waals surface area contributed by atoms with Gasteiger partial charge in [-0.3, -0.25) is 0 Å². The van der Waals surface area contributed by atoms with Crippen LogP contribution in [0.4, 0.5) is 0 Å². The Kier molecular flexibility index (Phi) is 6.05. The molecule has 3 aromatic carbocycles. The van der Waals surface area contributed by atoms with Crippen molar-refractivity contribution in [3.63, 3.8) is 0 Å². The zero-order valence-electron chi connectivity index (χ0n) is 17.1. The van der Waals surface area contributed by atoms with Gasteiger partial charge in [-0.05, 0) is 48.9 Å². The average molecular weight is 434 g/mol. The third-order valence-corrected chi connectivity index (χ3v) is 5.12. The lowest BCUT2D eigenvalue weighted by atomic mass is 10.1. The highest BCUT2D eigenvalue weighted by Gasteiger charge is 2.24. The predicted octanol–water partition coefficient (Wildman–Crippen LogP) is 5.58. The molecular weight excluding hydrogens is 414 g/mol. The van der Waals surface area contributed by atoms with Crippen LogP contribution in [0.15, 0.2) is 77.4 Å². The summed E-state index contributed by atoms with van der Waals surface area (Å²) in [5.74, 6) is 0.911. The van der Waals surface area contributed by atoms with Crippen molar-refractivity contribution in [3.8, 4) is 11.5 Å². The summed E-state index contributed by atoms with van der Waals surface area (Å²) in [5, 5.41) is 0.643. The Hall–Kier alpha value is -3.57. The van der Waals surface area contributed by atoms with Gasteiger partial charge in [-0.25, -0.2) is 9.79 Å². The molecule has 3 aromatic rings. The van der Waals surface area contributed by atoms with Gasteiger partial charge in [0, 0.05) is 16.1 Å².